The normalized spacial score (nSPS) is 17.7. The molecule has 1 aliphatic heterocycles. The highest BCUT2D eigenvalue weighted by Crippen LogP contribution is 2.24. The Kier molecular flexibility index (Phi) is 5.20. The van der Waals surface area contributed by atoms with Crippen molar-refractivity contribution in [2.75, 3.05) is 19.8 Å². The van der Waals surface area contributed by atoms with Crippen molar-refractivity contribution in [1.82, 2.24) is 9.88 Å². The van der Waals surface area contributed by atoms with Crippen LogP contribution in [0.1, 0.15) is 23.3 Å². The molecule has 2 aromatic rings. The Hall–Kier alpha value is -1.27. The predicted octanol–water partition coefficient (Wildman–Crippen LogP) is 2.69. The minimum atomic E-state index is -0.641. The van der Waals surface area contributed by atoms with Gasteiger partial charge in [0.25, 0.3) is 0 Å². The zero-order chi connectivity index (χ0) is 15.3. The van der Waals surface area contributed by atoms with Crippen molar-refractivity contribution >= 4 is 11.3 Å². The first kappa shape index (κ1) is 15.6. The first-order chi connectivity index (χ1) is 10.7. The monoisotopic (exact) mass is 318 g/mol. The summed E-state index contributed by atoms with van der Waals surface area (Å²) < 4.78 is 5.38. The zero-order valence-electron chi connectivity index (χ0n) is 12.6. The molecule has 1 fully saturated rings. The van der Waals surface area contributed by atoms with Gasteiger partial charge in [-0.05, 0) is 5.56 Å². The molecule has 1 aromatic heterocycles. The summed E-state index contributed by atoms with van der Waals surface area (Å²) in [5.74, 6) is 0. The van der Waals surface area contributed by atoms with Crippen LogP contribution >= 0.6 is 11.3 Å². The van der Waals surface area contributed by atoms with E-state index in [9.17, 15) is 5.11 Å². The van der Waals surface area contributed by atoms with Gasteiger partial charge in [-0.25, -0.2) is 0 Å². The minimum Gasteiger partial charge on any atom is -0.388 e. The van der Waals surface area contributed by atoms with E-state index in [4.69, 9.17) is 4.74 Å². The molecule has 0 radical (unpaired) electrons. The molecular formula is C17H22N2O2S. The van der Waals surface area contributed by atoms with Gasteiger partial charge in [-0.15, -0.1) is 11.3 Å². The fourth-order valence-corrected chi connectivity index (χ4v) is 3.51. The van der Waals surface area contributed by atoms with Gasteiger partial charge < -0.3 is 9.84 Å². The molecule has 5 heteroatoms. The summed E-state index contributed by atoms with van der Waals surface area (Å²) in [6.45, 7) is 3.63. The molecule has 1 aliphatic rings. The molecule has 1 saturated heterocycles. The SMILES string of the molecule is OC1(CN(Cc2ccccc2)Cc2cncs2)CCOCC1. The van der Waals surface area contributed by atoms with E-state index in [1.54, 1.807) is 11.3 Å². The van der Waals surface area contributed by atoms with Crippen molar-refractivity contribution in [2.45, 2.75) is 31.5 Å². The van der Waals surface area contributed by atoms with Crippen LogP contribution in [-0.2, 0) is 17.8 Å². The van der Waals surface area contributed by atoms with Crippen LogP contribution in [0.2, 0.25) is 0 Å². The maximum Gasteiger partial charge on any atom is 0.0818 e. The summed E-state index contributed by atoms with van der Waals surface area (Å²) in [4.78, 5) is 7.70. The standard InChI is InChI=1S/C17H22N2O2S/c20-17(6-8-21-9-7-17)13-19(12-16-10-18-14-22-16)11-15-4-2-1-3-5-15/h1-5,10,14,20H,6-9,11-13H2. The maximum absolute atomic E-state index is 10.8. The molecule has 0 spiro atoms. The molecule has 0 unspecified atom stereocenters. The van der Waals surface area contributed by atoms with Gasteiger partial charge in [0.1, 0.15) is 0 Å². The number of hydrogen-bond acceptors (Lipinski definition) is 5. The summed E-state index contributed by atoms with van der Waals surface area (Å²) in [6.07, 6.45) is 3.33. The third kappa shape index (κ3) is 4.36. The first-order valence-corrected chi connectivity index (χ1v) is 8.55. The van der Waals surface area contributed by atoms with Crippen LogP contribution in [0.5, 0.6) is 0 Å². The highest BCUT2D eigenvalue weighted by molar-refractivity contribution is 7.09. The number of thiazole rings is 1. The molecule has 0 aliphatic carbocycles. The molecule has 1 aromatic carbocycles. The number of hydrogen-bond donors (Lipinski definition) is 1. The van der Waals surface area contributed by atoms with E-state index in [1.165, 1.54) is 10.4 Å². The Morgan fingerprint density at radius 2 is 1.95 bits per heavy atom. The molecule has 0 saturated carbocycles. The van der Waals surface area contributed by atoms with Gasteiger partial charge >= 0.3 is 0 Å². The quantitative estimate of drug-likeness (QED) is 0.889. The number of aromatic nitrogens is 1. The van der Waals surface area contributed by atoms with Gasteiger partial charge in [0.05, 0.1) is 11.1 Å². The lowest BCUT2D eigenvalue weighted by Gasteiger charge is -2.36. The summed E-state index contributed by atoms with van der Waals surface area (Å²) in [5, 5.41) is 10.8. The second-order valence-corrected chi connectivity index (χ2v) is 6.91. The van der Waals surface area contributed by atoms with E-state index in [1.807, 2.05) is 17.8 Å². The Balaban J connectivity index is 1.70. The summed E-state index contributed by atoms with van der Waals surface area (Å²) in [7, 11) is 0. The molecule has 4 nitrogen and oxygen atoms in total. The van der Waals surface area contributed by atoms with Gasteiger partial charge in [0, 0.05) is 56.8 Å². The first-order valence-electron chi connectivity index (χ1n) is 7.67. The molecule has 0 amide bonds. The van der Waals surface area contributed by atoms with Gasteiger partial charge in [-0.3, -0.25) is 9.88 Å². The molecule has 3 rings (SSSR count). The largest absolute Gasteiger partial charge is 0.388 e. The van der Waals surface area contributed by atoms with Crippen LogP contribution in [-0.4, -0.2) is 40.3 Å². The molecule has 0 atom stereocenters. The molecular weight excluding hydrogens is 296 g/mol. The fraction of sp³-hybridized carbons (Fsp3) is 0.471. The summed E-state index contributed by atoms with van der Waals surface area (Å²) in [5.41, 5.74) is 2.49. The van der Waals surface area contributed by atoms with E-state index >= 15 is 0 Å². The van der Waals surface area contributed by atoms with Gasteiger partial charge in [-0.1, -0.05) is 30.3 Å². The van der Waals surface area contributed by atoms with Crippen molar-refractivity contribution in [3.05, 3.63) is 52.5 Å². The van der Waals surface area contributed by atoms with Crippen molar-refractivity contribution < 1.29 is 9.84 Å². The average molecular weight is 318 g/mol. The van der Waals surface area contributed by atoms with Gasteiger partial charge in [0.2, 0.25) is 0 Å². The Morgan fingerprint density at radius 3 is 2.64 bits per heavy atom. The minimum absolute atomic E-state index is 0.641. The van der Waals surface area contributed by atoms with Crippen molar-refractivity contribution in [3.63, 3.8) is 0 Å². The number of ether oxygens (including phenoxy) is 1. The number of aliphatic hydroxyl groups is 1. The molecule has 0 bridgehead atoms. The Labute approximate surface area is 135 Å². The highest BCUT2D eigenvalue weighted by atomic mass is 32.1. The van der Waals surface area contributed by atoms with Crippen molar-refractivity contribution in [3.8, 4) is 0 Å². The number of nitrogens with zero attached hydrogens (tertiary/aromatic N) is 2. The Morgan fingerprint density at radius 1 is 1.18 bits per heavy atom. The third-order valence-corrected chi connectivity index (χ3v) is 4.82. The van der Waals surface area contributed by atoms with Crippen LogP contribution in [0.25, 0.3) is 0 Å². The topological polar surface area (TPSA) is 45.6 Å². The van der Waals surface area contributed by atoms with E-state index in [-0.39, 0.29) is 0 Å². The van der Waals surface area contributed by atoms with E-state index in [2.05, 4.69) is 34.1 Å². The summed E-state index contributed by atoms with van der Waals surface area (Å²) >= 11 is 1.66. The molecule has 118 valence electrons. The van der Waals surface area contributed by atoms with Crippen LogP contribution in [0.4, 0.5) is 0 Å². The van der Waals surface area contributed by atoms with E-state index < -0.39 is 5.60 Å². The second kappa shape index (κ2) is 7.33. The number of benzene rings is 1. The van der Waals surface area contributed by atoms with E-state index in [0.29, 0.717) is 32.6 Å². The zero-order valence-corrected chi connectivity index (χ0v) is 13.5. The summed E-state index contributed by atoms with van der Waals surface area (Å²) in [6, 6.07) is 10.4. The van der Waals surface area contributed by atoms with Crippen LogP contribution < -0.4 is 0 Å². The molecule has 2 heterocycles. The maximum atomic E-state index is 10.8. The third-order valence-electron chi connectivity index (χ3n) is 4.05. The van der Waals surface area contributed by atoms with Crippen LogP contribution in [0.15, 0.2) is 42.0 Å². The van der Waals surface area contributed by atoms with E-state index in [0.717, 1.165) is 13.1 Å². The lowest BCUT2D eigenvalue weighted by atomic mass is 9.93. The fourth-order valence-electron chi connectivity index (χ4n) is 2.88. The van der Waals surface area contributed by atoms with Gasteiger partial charge in [0.15, 0.2) is 0 Å². The Bertz CT molecular complexity index is 553. The van der Waals surface area contributed by atoms with Crippen molar-refractivity contribution in [2.24, 2.45) is 0 Å². The second-order valence-electron chi connectivity index (χ2n) is 5.94. The number of rotatable bonds is 6. The van der Waals surface area contributed by atoms with Crippen molar-refractivity contribution in [1.29, 1.82) is 0 Å². The average Bonchev–Trinajstić information content (AvgIpc) is 3.01. The smallest absolute Gasteiger partial charge is 0.0818 e. The van der Waals surface area contributed by atoms with Gasteiger partial charge in [-0.2, -0.15) is 0 Å². The van der Waals surface area contributed by atoms with Crippen LogP contribution in [0, 0.1) is 0 Å². The lowest BCUT2D eigenvalue weighted by Crippen LogP contribution is -2.46. The molecule has 22 heavy (non-hydrogen) atoms. The molecule has 1 N–H and O–H groups in total. The lowest BCUT2D eigenvalue weighted by molar-refractivity contribution is -0.0820. The highest BCUT2D eigenvalue weighted by Gasteiger charge is 2.32. The van der Waals surface area contributed by atoms with Crippen LogP contribution in [0.3, 0.4) is 0 Å². The predicted molar refractivity (Wildman–Crippen MR) is 87.7 cm³/mol.